The number of nitrogens with zero attached hydrogens (tertiary/aromatic N) is 4. The summed E-state index contributed by atoms with van der Waals surface area (Å²) in [7, 11) is 1.91. The van der Waals surface area contributed by atoms with Gasteiger partial charge in [-0.05, 0) is 11.8 Å². The number of hydrogen-bond donors (Lipinski definition) is 0. The standard InChI is InChI=1S/C10H9N2.C9H7N2.Ir/c1-12-8-7-10(11-12)9-5-3-2-4-6-9;1-2-5-9(6-3-1)11-8-4-7-10-11;/h2-5,7-8H,1H3;1-5,7-8H;/q2*-1;. The molecule has 5 heteroatoms. The first-order valence-electron chi connectivity index (χ1n) is 7.26. The van der Waals surface area contributed by atoms with Crippen LogP contribution in [-0.2, 0) is 27.2 Å². The Hall–Kier alpha value is -2.49. The third kappa shape index (κ3) is 4.75. The molecule has 0 fully saturated rings. The Morgan fingerprint density at radius 2 is 1.67 bits per heavy atom. The smallest absolute Gasteiger partial charge is 0.0493 e. The molecule has 0 aliphatic rings. The molecule has 2 heterocycles. The van der Waals surface area contributed by atoms with E-state index >= 15 is 0 Å². The Morgan fingerprint density at radius 3 is 2.21 bits per heavy atom. The molecule has 0 aliphatic heterocycles. The Bertz CT molecular complexity index is 824. The summed E-state index contributed by atoms with van der Waals surface area (Å²) < 4.78 is 3.57. The second kappa shape index (κ2) is 8.96. The summed E-state index contributed by atoms with van der Waals surface area (Å²) in [6, 6.07) is 25.6. The van der Waals surface area contributed by atoms with Gasteiger partial charge in [0.05, 0.1) is 0 Å². The van der Waals surface area contributed by atoms with E-state index < -0.39 is 0 Å². The van der Waals surface area contributed by atoms with Crippen molar-refractivity contribution in [1.29, 1.82) is 0 Å². The Morgan fingerprint density at radius 1 is 0.875 bits per heavy atom. The summed E-state index contributed by atoms with van der Waals surface area (Å²) in [6.07, 6.45) is 5.57. The molecule has 1 radical (unpaired) electrons. The molecule has 0 N–H and O–H groups in total. The maximum absolute atomic E-state index is 4.27. The van der Waals surface area contributed by atoms with Crippen LogP contribution >= 0.6 is 0 Å². The molecule has 0 spiro atoms. The minimum atomic E-state index is 0. The quantitative estimate of drug-likeness (QED) is 0.401. The summed E-state index contributed by atoms with van der Waals surface area (Å²) in [5, 5.41) is 8.34. The molecule has 0 aliphatic carbocycles. The molecule has 0 bridgehead atoms. The predicted molar refractivity (Wildman–Crippen MR) is 89.9 cm³/mol. The Balaban J connectivity index is 0.000000167. The predicted octanol–water partition coefficient (Wildman–Crippen LogP) is 3.56. The molecule has 2 aromatic heterocycles. The number of aromatic nitrogens is 4. The zero-order valence-electron chi connectivity index (χ0n) is 13.1. The molecular formula is C19H16IrN4-2. The van der Waals surface area contributed by atoms with Crippen LogP contribution in [0.1, 0.15) is 0 Å². The maximum atomic E-state index is 4.27. The van der Waals surface area contributed by atoms with Gasteiger partial charge in [-0.2, -0.15) is 29.4 Å². The number of para-hydroxylation sites is 1. The zero-order valence-corrected chi connectivity index (χ0v) is 15.5. The minimum absolute atomic E-state index is 0. The maximum Gasteiger partial charge on any atom is 0.0493 e. The molecule has 123 valence electrons. The summed E-state index contributed by atoms with van der Waals surface area (Å²) in [4.78, 5) is 0. The van der Waals surface area contributed by atoms with E-state index in [1.165, 1.54) is 0 Å². The van der Waals surface area contributed by atoms with E-state index in [1.54, 1.807) is 15.6 Å². The van der Waals surface area contributed by atoms with E-state index in [4.69, 9.17) is 0 Å². The van der Waals surface area contributed by atoms with Crippen molar-refractivity contribution in [2.45, 2.75) is 0 Å². The molecule has 24 heavy (non-hydrogen) atoms. The van der Waals surface area contributed by atoms with Crippen LogP contribution in [-0.4, -0.2) is 19.6 Å². The van der Waals surface area contributed by atoms with E-state index in [9.17, 15) is 0 Å². The number of benzene rings is 2. The topological polar surface area (TPSA) is 35.6 Å². The van der Waals surface area contributed by atoms with Gasteiger partial charge >= 0.3 is 0 Å². The first-order valence-corrected chi connectivity index (χ1v) is 7.26. The van der Waals surface area contributed by atoms with E-state index in [-0.39, 0.29) is 20.1 Å². The molecule has 0 atom stereocenters. The molecule has 4 aromatic rings. The molecule has 0 saturated carbocycles. The van der Waals surface area contributed by atoms with Crippen molar-refractivity contribution >= 4 is 0 Å². The largest absolute Gasteiger partial charge is 0.285 e. The second-order valence-corrected chi connectivity index (χ2v) is 4.85. The fourth-order valence-electron chi connectivity index (χ4n) is 2.05. The van der Waals surface area contributed by atoms with Crippen LogP contribution in [0.15, 0.2) is 79.3 Å². The molecule has 2 aromatic carbocycles. The number of hydrogen-bond acceptors (Lipinski definition) is 2. The third-order valence-corrected chi connectivity index (χ3v) is 3.14. The number of rotatable bonds is 2. The monoisotopic (exact) mass is 493 g/mol. The van der Waals surface area contributed by atoms with Gasteiger partial charge in [-0.1, -0.05) is 6.07 Å². The average molecular weight is 493 g/mol. The summed E-state index contributed by atoms with van der Waals surface area (Å²) >= 11 is 0. The third-order valence-electron chi connectivity index (χ3n) is 3.14. The Kier molecular flexibility index (Phi) is 6.67. The molecule has 4 nitrogen and oxygen atoms in total. The van der Waals surface area contributed by atoms with Crippen LogP contribution in [0.25, 0.3) is 16.9 Å². The molecular weight excluding hydrogens is 476 g/mol. The minimum Gasteiger partial charge on any atom is -0.285 e. The van der Waals surface area contributed by atoms with Crippen molar-refractivity contribution in [3.05, 3.63) is 91.4 Å². The summed E-state index contributed by atoms with van der Waals surface area (Å²) in [5.74, 6) is 0. The average Bonchev–Trinajstić information content (AvgIpc) is 3.29. The van der Waals surface area contributed by atoms with Gasteiger partial charge in [0.25, 0.3) is 0 Å². The van der Waals surface area contributed by atoms with Gasteiger partial charge in [0.15, 0.2) is 0 Å². The van der Waals surface area contributed by atoms with E-state index in [0.717, 1.165) is 16.9 Å². The van der Waals surface area contributed by atoms with Crippen LogP contribution in [0.5, 0.6) is 0 Å². The van der Waals surface area contributed by atoms with Crippen molar-refractivity contribution in [1.82, 2.24) is 19.6 Å². The number of aryl methyl sites for hydroxylation is 1. The summed E-state index contributed by atoms with van der Waals surface area (Å²) in [6.45, 7) is 0. The van der Waals surface area contributed by atoms with Crippen LogP contribution in [0, 0.1) is 12.1 Å². The van der Waals surface area contributed by atoms with Gasteiger partial charge in [-0.3, -0.25) is 9.36 Å². The van der Waals surface area contributed by atoms with Crippen LogP contribution in [0.4, 0.5) is 0 Å². The van der Waals surface area contributed by atoms with Crippen molar-refractivity contribution in [2.75, 3.05) is 0 Å². The first kappa shape index (κ1) is 17.9. The van der Waals surface area contributed by atoms with E-state index in [0.29, 0.717) is 0 Å². The van der Waals surface area contributed by atoms with Crippen molar-refractivity contribution in [3.63, 3.8) is 0 Å². The van der Waals surface area contributed by atoms with Crippen molar-refractivity contribution in [2.24, 2.45) is 7.05 Å². The van der Waals surface area contributed by atoms with E-state index in [2.05, 4.69) is 22.3 Å². The van der Waals surface area contributed by atoms with Gasteiger partial charge in [-0.25, -0.2) is 5.10 Å². The molecule has 0 saturated heterocycles. The normalized spacial score (nSPS) is 9.54. The van der Waals surface area contributed by atoms with Crippen LogP contribution in [0.3, 0.4) is 0 Å². The van der Waals surface area contributed by atoms with Crippen LogP contribution < -0.4 is 0 Å². The molecule has 0 unspecified atom stereocenters. The van der Waals surface area contributed by atoms with Crippen molar-refractivity contribution < 1.29 is 20.1 Å². The summed E-state index contributed by atoms with van der Waals surface area (Å²) in [5.41, 5.74) is 2.98. The first-order chi connectivity index (χ1) is 11.3. The second-order valence-electron chi connectivity index (χ2n) is 4.85. The van der Waals surface area contributed by atoms with Crippen LogP contribution in [0.2, 0.25) is 0 Å². The molecule has 0 amide bonds. The fraction of sp³-hybridized carbons (Fsp3) is 0.0526. The van der Waals surface area contributed by atoms with Gasteiger partial charge in [0.1, 0.15) is 0 Å². The van der Waals surface area contributed by atoms with Gasteiger partial charge in [-0.15, -0.1) is 42.0 Å². The van der Waals surface area contributed by atoms with Gasteiger partial charge in [0, 0.05) is 51.4 Å². The molecule has 4 rings (SSSR count). The van der Waals surface area contributed by atoms with Gasteiger partial charge < -0.3 is 0 Å². The SMILES string of the molecule is Cn1ccc(-c2[c-]cccc2)n1.[Ir].[c-]1ccccc1-n1cccn1. The zero-order chi connectivity index (χ0) is 15.9. The fourth-order valence-corrected chi connectivity index (χ4v) is 2.05. The van der Waals surface area contributed by atoms with Crippen molar-refractivity contribution in [3.8, 4) is 16.9 Å². The van der Waals surface area contributed by atoms with E-state index in [1.807, 2.05) is 80.1 Å². The Labute approximate surface area is 155 Å². The van der Waals surface area contributed by atoms with Gasteiger partial charge in [0.2, 0.25) is 0 Å².